The molecular formula is C33H26F9NO3S. The van der Waals surface area contributed by atoms with Crippen LogP contribution in [0.5, 0.6) is 0 Å². The number of sulfone groups is 1. The van der Waals surface area contributed by atoms with Crippen LogP contribution in [-0.4, -0.2) is 26.8 Å². The largest absolute Gasteiger partial charge is 0.430 e. The van der Waals surface area contributed by atoms with Crippen LogP contribution in [0.4, 0.5) is 39.5 Å². The Bertz CT molecular complexity index is 1770. The van der Waals surface area contributed by atoms with E-state index < -0.39 is 73.8 Å². The molecule has 0 saturated heterocycles. The molecular weight excluding hydrogens is 661 g/mol. The highest BCUT2D eigenvalue weighted by molar-refractivity contribution is 7.92. The van der Waals surface area contributed by atoms with Crippen LogP contribution in [0.15, 0.2) is 102 Å². The molecule has 0 atom stereocenters. The third-order valence-corrected chi connectivity index (χ3v) is 10.8. The molecule has 1 aliphatic carbocycles. The summed E-state index contributed by atoms with van der Waals surface area (Å²) in [6, 6.07) is 17.3. The van der Waals surface area contributed by atoms with Gasteiger partial charge in [-0.1, -0.05) is 60.7 Å². The maximum atomic E-state index is 14.4. The Morgan fingerprint density at radius 2 is 1.28 bits per heavy atom. The molecule has 14 heteroatoms. The molecule has 0 aromatic heterocycles. The summed E-state index contributed by atoms with van der Waals surface area (Å²) in [5.74, 6) is -3.54. The monoisotopic (exact) mass is 687 g/mol. The van der Waals surface area contributed by atoms with Crippen molar-refractivity contribution in [2.75, 3.05) is 0 Å². The summed E-state index contributed by atoms with van der Waals surface area (Å²) in [5.41, 5.74) is -6.88. The van der Waals surface area contributed by atoms with Gasteiger partial charge in [-0.25, -0.2) is 21.6 Å². The highest BCUT2D eigenvalue weighted by Gasteiger charge is 2.73. The zero-order chi connectivity index (χ0) is 34.3. The molecule has 4 aromatic carbocycles. The lowest BCUT2D eigenvalue weighted by atomic mass is 9.74. The van der Waals surface area contributed by atoms with Crippen LogP contribution in [0, 0.1) is 17.5 Å². The fraction of sp³-hybridized carbons (Fsp3) is 0.273. The van der Waals surface area contributed by atoms with Gasteiger partial charge in [0.05, 0.1) is 11.5 Å². The van der Waals surface area contributed by atoms with Crippen molar-refractivity contribution < 1.29 is 52.7 Å². The zero-order valence-electron chi connectivity index (χ0n) is 24.2. The maximum absolute atomic E-state index is 14.4. The van der Waals surface area contributed by atoms with Crippen molar-refractivity contribution >= 4 is 9.84 Å². The second kappa shape index (κ2) is 12.6. The van der Waals surface area contributed by atoms with E-state index in [1.807, 2.05) is 18.2 Å². The number of halogens is 9. The van der Waals surface area contributed by atoms with E-state index in [4.69, 9.17) is 0 Å². The van der Waals surface area contributed by atoms with Crippen molar-refractivity contribution in [1.82, 2.24) is 5.32 Å². The summed E-state index contributed by atoms with van der Waals surface area (Å²) in [6.07, 6.45) is -12.6. The SMILES string of the molecule is O=S(=O)(c1ccc(F)cc1)C1(c2ccc(C(OCc3c(F)cccc3F)(C(F)(F)F)C(F)(F)F)cc2)CC(NCc2ccccc2)C1. The third kappa shape index (κ3) is 6.25. The number of hydrogen-bond acceptors (Lipinski definition) is 4. The van der Waals surface area contributed by atoms with Crippen LogP contribution in [0.1, 0.15) is 35.1 Å². The van der Waals surface area contributed by atoms with Gasteiger partial charge < -0.3 is 10.1 Å². The second-order valence-corrected chi connectivity index (χ2v) is 13.4. The molecule has 0 bridgehead atoms. The smallest absolute Gasteiger partial charge is 0.349 e. The van der Waals surface area contributed by atoms with Gasteiger partial charge in [0.2, 0.25) is 0 Å². The quantitative estimate of drug-likeness (QED) is 0.135. The van der Waals surface area contributed by atoms with Crippen molar-refractivity contribution in [3.05, 3.63) is 137 Å². The van der Waals surface area contributed by atoms with Crippen molar-refractivity contribution in [2.45, 2.75) is 59.6 Å². The summed E-state index contributed by atoms with van der Waals surface area (Å²) in [7, 11) is -4.38. The first-order valence-electron chi connectivity index (χ1n) is 14.1. The number of nitrogens with one attached hydrogen (secondary N) is 1. The molecule has 4 nitrogen and oxygen atoms in total. The summed E-state index contributed by atoms with van der Waals surface area (Å²) in [5, 5.41) is 3.21. The first-order valence-corrected chi connectivity index (χ1v) is 15.6. The molecule has 4 aromatic rings. The lowest BCUT2D eigenvalue weighted by Crippen LogP contribution is -2.56. The number of ether oxygens (including phenoxy) is 1. The molecule has 1 fully saturated rings. The predicted molar refractivity (Wildman–Crippen MR) is 153 cm³/mol. The molecule has 0 heterocycles. The minimum Gasteiger partial charge on any atom is -0.349 e. The van der Waals surface area contributed by atoms with Crippen molar-refractivity contribution in [3.8, 4) is 0 Å². The summed E-state index contributed by atoms with van der Waals surface area (Å²) in [4.78, 5) is -0.292. The Morgan fingerprint density at radius 3 is 1.81 bits per heavy atom. The van der Waals surface area contributed by atoms with Crippen molar-refractivity contribution in [1.29, 1.82) is 0 Å². The Labute approximate surface area is 264 Å². The van der Waals surface area contributed by atoms with Crippen LogP contribution in [0.25, 0.3) is 0 Å². The van der Waals surface area contributed by atoms with E-state index in [-0.39, 0.29) is 23.3 Å². The molecule has 47 heavy (non-hydrogen) atoms. The van der Waals surface area contributed by atoms with Crippen LogP contribution >= 0.6 is 0 Å². The summed E-state index contributed by atoms with van der Waals surface area (Å²) < 4.78 is 159. The van der Waals surface area contributed by atoms with E-state index in [1.165, 1.54) is 0 Å². The lowest BCUT2D eigenvalue weighted by molar-refractivity contribution is -0.392. The first kappa shape index (κ1) is 34.5. The summed E-state index contributed by atoms with van der Waals surface area (Å²) >= 11 is 0. The molecule has 1 saturated carbocycles. The highest BCUT2D eigenvalue weighted by Crippen LogP contribution is 2.55. The van der Waals surface area contributed by atoms with E-state index in [2.05, 4.69) is 10.1 Å². The van der Waals surface area contributed by atoms with Crippen LogP contribution in [-0.2, 0) is 38.1 Å². The van der Waals surface area contributed by atoms with Gasteiger partial charge in [0, 0.05) is 23.7 Å². The molecule has 1 aliphatic rings. The van der Waals surface area contributed by atoms with Gasteiger partial charge in [-0.3, -0.25) is 0 Å². The van der Waals surface area contributed by atoms with Crippen molar-refractivity contribution in [2.24, 2.45) is 0 Å². The molecule has 0 radical (unpaired) electrons. The Kier molecular flexibility index (Phi) is 9.25. The van der Waals surface area contributed by atoms with Gasteiger partial charge in [0.15, 0.2) is 9.84 Å². The number of alkyl halides is 6. The third-order valence-electron chi connectivity index (χ3n) is 8.34. The Balaban J connectivity index is 1.53. The number of rotatable bonds is 10. The van der Waals surface area contributed by atoms with E-state index in [0.29, 0.717) is 30.8 Å². The number of hydrogen-bond donors (Lipinski definition) is 1. The number of benzene rings is 4. The van der Waals surface area contributed by atoms with Gasteiger partial charge in [0.25, 0.3) is 5.60 Å². The van der Waals surface area contributed by atoms with Gasteiger partial charge in [-0.2, -0.15) is 26.3 Å². The summed E-state index contributed by atoms with van der Waals surface area (Å²) in [6.45, 7) is -1.37. The Morgan fingerprint density at radius 1 is 0.723 bits per heavy atom. The second-order valence-electron chi connectivity index (χ2n) is 11.2. The minimum absolute atomic E-state index is 0.106. The average molecular weight is 688 g/mol. The molecule has 0 unspecified atom stereocenters. The van der Waals surface area contributed by atoms with Gasteiger partial charge in [-0.05, 0) is 60.4 Å². The zero-order valence-corrected chi connectivity index (χ0v) is 25.0. The highest BCUT2D eigenvalue weighted by atomic mass is 32.2. The first-order chi connectivity index (χ1) is 22.0. The predicted octanol–water partition coefficient (Wildman–Crippen LogP) is 8.26. The molecule has 0 spiro atoms. The van der Waals surface area contributed by atoms with Gasteiger partial charge in [-0.15, -0.1) is 0 Å². The Hall–Kier alpha value is -3.88. The topological polar surface area (TPSA) is 55.4 Å². The average Bonchev–Trinajstić information content (AvgIpc) is 2.98. The van der Waals surface area contributed by atoms with Crippen molar-refractivity contribution in [3.63, 3.8) is 0 Å². The molecule has 1 N–H and O–H groups in total. The van der Waals surface area contributed by atoms with Gasteiger partial charge >= 0.3 is 12.4 Å². The van der Waals surface area contributed by atoms with Gasteiger partial charge in [0.1, 0.15) is 22.2 Å². The molecule has 0 amide bonds. The lowest BCUT2D eigenvalue weighted by Gasteiger charge is -2.48. The van der Waals surface area contributed by atoms with Crippen LogP contribution in [0.3, 0.4) is 0 Å². The van der Waals surface area contributed by atoms with E-state index in [0.717, 1.165) is 48.0 Å². The van der Waals surface area contributed by atoms with E-state index in [1.54, 1.807) is 12.1 Å². The molecule has 250 valence electrons. The molecule has 0 aliphatic heterocycles. The van der Waals surface area contributed by atoms with E-state index in [9.17, 15) is 47.9 Å². The fourth-order valence-corrected chi connectivity index (χ4v) is 8.02. The van der Waals surface area contributed by atoms with E-state index >= 15 is 0 Å². The maximum Gasteiger partial charge on any atom is 0.430 e. The minimum atomic E-state index is -6.17. The van der Waals surface area contributed by atoms with Crippen LogP contribution in [0.2, 0.25) is 0 Å². The molecule has 5 rings (SSSR count). The standard InChI is InChI=1S/C33H26F9NO3S/c34-24-13-15-26(16-14-24)47(44,45)30(17-25(18-30)43-19-21-5-2-1-3-6-21)22-9-11-23(12-10-22)31(32(37,38)39,33(40,41)42)46-20-27-28(35)7-4-8-29(27)36/h1-16,25,43H,17-20H2. The normalized spacial score (nSPS) is 19.0. The fourth-order valence-electron chi connectivity index (χ4n) is 5.78. The van der Waals surface area contributed by atoms with Crippen LogP contribution < -0.4 is 5.32 Å².